The summed E-state index contributed by atoms with van der Waals surface area (Å²) in [5, 5.41) is 26.4. The molecule has 2 aliphatic rings. The topological polar surface area (TPSA) is 125 Å². The molecule has 2 saturated heterocycles. The number of fused-ring (bicyclic) bond motifs is 2. The molecule has 14 heteroatoms. The van der Waals surface area contributed by atoms with Gasteiger partial charge in [0, 0.05) is 31.8 Å². The molecule has 0 aromatic heterocycles. The molecule has 0 saturated carbocycles. The summed E-state index contributed by atoms with van der Waals surface area (Å²) in [6, 6.07) is 29.2. The van der Waals surface area contributed by atoms with Crippen molar-refractivity contribution in [3.8, 4) is 0 Å². The average Bonchev–Trinajstić information content (AvgIpc) is 3.82. The lowest BCUT2D eigenvalue weighted by Crippen LogP contribution is -2.39. The molecule has 0 unspecified atom stereocenters. The maximum Gasteiger partial charge on any atom is 0.374 e. The number of aliphatic carboxylic acids is 2. The fraction of sp³-hybridized carbons (Fsp3) is 0.467. The quantitative estimate of drug-likeness (QED) is 0.0262. The van der Waals surface area contributed by atoms with Crippen LogP contribution >= 0.6 is 19.5 Å². The van der Waals surface area contributed by atoms with E-state index in [1.807, 2.05) is 97.1 Å². The molecular formula is C45H56F4N2O6PS+. The number of hydrogen-bond donors (Lipinski definition) is 4. The summed E-state index contributed by atoms with van der Waals surface area (Å²) in [7, 11) is -2.37. The number of alkyl halides is 4. The maximum atomic E-state index is 14.4. The molecule has 0 spiro atoms. The first-order valence-electron chi connectivity index (χ1n) is 20.3. The van der Waals surface area contributed by atoms with Crippen LogP contribution < -0.4 is 26.5 Å². The molecular weight excluding hydrogens is 804 g/mol. The number of benzene rings is 3. The first-order valence-corrected chi connectivity index (χ1v) is 22.7. The van der Waals surface area contributed by atoms with E-state index in [0.717, 1.165) is 54.6 Å². The van der Waals surface area contributed by atoms with Gasteiger partial charge in [0.05, 0.1) is 29.8 Å². The van der Waals surface area contributed by atoms with Crippen LogP contribution in [0.15, 0.2) is 103 Å². The molecule has 0 radical (unpaired) electrons. The number of ether oxygens (including phenoxy) is 1. The average molecular weight is 860 g/mol. The number of carboxylic acids is 2. The Morgan fingerprint density at radius 2 is 1.34 bits per heavy atom. The van der Waals surface area contributed by atoms with E-state index in [4.69, 9.17) is 27.2 Å². The predicted octanol–water partition coefficient (Wildman–Crippen LogP) is 8.32. The molecule has 8 nitrogen and oxygen atoms in total. The molecule has 2 fully saturated rings. The van der Waals surface area contributed by atoms with Crippen LogP contribution in [0.5, 0.6) is 0 Å². The summed E-state index contributed by atoms with van der Waals surface area (Å²) in [5.74, 6) is -10.2. The van der Waals surface area contributed by atoms with Gasteiger partial charge in [-0.1, -0.05) is 98.7 Å². The lowest BCUT2D eigenvalue weighted by molar-refractivity contribution is -0.165. The van der Waals surface area contributed by atoms with Crippen LogP contribution in [0.4, 0.5) is 17.6 Å². The normalized spacial score (nSPS) is 18.9. The second-order valence-corrected chi connectivity index (χ2v) is 19.2. The first kappa shape index (κ1) is 47.5. The largest absolute Gasteiger partial charge is 0.481 e. The molecule has 320 valence electrons. The highest BCUT2D eigenvalue weighted by molar-refractivity contribution is 7.95. The van der Waals surface area contributed by atoms with Gasteiger partial charge < -0.3 is 25.6 Å². The zero-order valence-electron chi connectivity index (χ0n) is 33.4. The third kappa shape index (κ3) is 14.2. The van der Waals surface area contributed by atoms with E-state index < -0.39 is 50.3 Å². The van der Waals surface area contributed by atoms with Crippen molar-refractivity contribution in [3.05, 3.63) is 103 Å². The van der Waals surface area contributed by atoms with E-state index >= 15 is 0 Å². The SMILES string of the molecule is CCCCCNC(=S)CC(=O)NC[C@H]1[C@@H](C/C=C\CCC(F)(F)C(=O)O)[C@H]2CC[C@@H]1O2.O=C(O)CC(F)(F)CC[P+](c1ccccc1)(c1ccccc1)c1ccccc1. The van der Waals surface area contributed by atoms with Crippen molar-refractivity contribution in [2.45, 2.75) is 102 Å². The van der Waals surface area contributed by atoms with Crippen LogP contribution in [0.2, 0.25) is 0 Å². The molecule has 3 aromatic carbocycles. The number of carbonyl (C=O) groups excluding carboxylic acids is 1. The van der Waals surface area contributed by atoms with Crippen LogP contribution in [0.3, 0.4) is 0 Å². The number of halogens is 4. The Morgan fingerprint density at radius 3 is 1.85 bits per heavy atom. The molecule has 2 bridgehead atoms. The number of hydrogen-bond acceptors (Lipinski definition) is 5. The second kappa shape index (κ2) is 23.0. The zero-order valence-corrected chi connectivity index (χ0v) is 35.1. The van der Waals surface area contributed by atoms with Gasteiger partial charge in [-0.05, 0) is 74.4 Å². The minimum absolute atomic E-state index is 0.00504. The third-order valence-corrected chi connectivity index (χ3v) is 15.6. The molecule has 5 rings (SSSR count). The van der Waals surface area contributed by atoms with E-state index in [1.54, 1.807) is 6.08 Å². The van der Waals surface area contributed by atoms with Gasteiger partial charge in [-0.2, -0.15) is 8.78 Å². The molecule has 0 aliphatic carbocycles. The van der Waals surface area contributed by atoms with Gasteiger partial charge in [-0.3, -0.25) is 9.59 Å². The van der Waals surface area contributed by atoms with Crippen molar-refractivity contribution >= 4 is 58.2 Å². The van der Waals surface area contributed by atoms with Crippen LogP contribution in [0.25, 0.3) is 0 Å². The molecule has 3 aromatic rings. The molecule has 4 N–H and O–H groups in total. The number of amides is 1. The summed E-state index contributed by atoms with van der Waals surface area (Å²) < 4.78 is 61.0. The van der Waals surface area contributed by atoms with E-state index in [0.29, 0.717) is 18.0 Å². The van der Waals surface area contributed by atoms with Crippen molar-refractivity contribution in [2.24, 2.45) is 11.8 Å². The van der Waals surface area contributed by atoms with Crippen molar-refractivity contribution in [2.75, 3.05) is 19.3 Å². The van der Waals surface area contributed by atoms with Gasteiger partial charge in [0.2, 0.25) is 5.91 Å². The predicted molar refractivity (Wildman–Crippen MR) is 230 cm³/mol. The number of allylic oxidation sites excluding steroid dienone is 2. The summed E-state index contributed by atoms with van der Waals surface area (Å²) in [6.07, 6.45) is 7.61. The molecule has 1 amide bonds. The second-order valence-electron chi connectivity index (χ2n) is 15.1. The highest BCUT2D eigenvalue weighted by Crippen LogP contribution is 2.57. The highest BCUT2D eigenvalue weighted by atomic mass is 32.1. The number of unbranched alkanes of at least 4 members (excludes halogenated alkanes) is 2. The van der Waals surface area contributed by atoms with Gasteiger partial charge in [0.15, 0.2) is 0 Å². The standard InChI is InChI=1S/C23H21F2O2P.C22H34F2N2O4S/c24-23(25,18-22(26)27)16-17-28(19-10-4-1-5-11-19,20-12-6-2-7-13-20)21-14-8-3-9-15-21;1-2-3-7-12-25-20(31)13-19(27)26-14-16-15(17-9-10-18(16)30-17)8-5-4-6-11-22(23,24)21(28)29/h1-15H,16-18H2;4-5,15-18H,2-3,6-14H2,1H3,(H,25,31)(H,26,27)(H,28,29)/p+1/b;5-4-/t;15-,16+,17-,18+/m.1/s1. The number of nitrogens with one attached hydrogen (secondary N) is 2. The number of carbonyl (C=O) groups is 3. The lowest BCUT2D eigenvalue weighted by atomic mass is 9.77. The van der Waals surface area contributed by atoms with Crippen molar-refractivity contribution in [1.82, 2.24) is 10.6 Å². The summed E-state index contributed by atoms with van der Waals surface area (Å²) in [5.41, 5.74) is 0. The van der Waals surface area contributed by atoms with Gasteiger partial charge in [-0.25, -0.2) is 13.6 Å². The van der Waals surface area contributed by atoms with Gasteiger partial charge in [0.1, 0.15) is 29.6 Å². The Labute approximate surface area is 350 Å². The summed E-state index contributed by atoms with van der Waals surface area (Å²) >= 11 is 5.23. The summed E-state index contributed by atoms with van der Waals surface area (Å²) in [6.45, 7) is 3.42. The molecule has 2 heterocycles. The van der Waals surface area contributed by atoms with Gasteiger partial charge in [0.25, 0.3) is 5.92 Å². The van der Waals surface area contributed by atoms with Crippen molar-refractivity contribution in [1.29, 1.82) is 0 Å². The lowest BCUT2D eigenvalue weighted by Gasteiger charge is -2.29. The Kier molecular flexibility index (Phi) is 18.5. The first-order chi connectivity index (χ1) is 28.2. The fourth-order valence-corrected chi connectivity index (χ4v) is 12.5. The van der Waals surface area contributed by atoms with Crippen molar-refractivity contribution < 1.29 is 46.9 Å². The number of thiocarbonyl (C=S) groups is 1. The van der Waals surface area contributed by atoms with Crippen LogP contribution in [-0.2, 0) is 19.1 Å². The van der Waals surface area contributed by atoms with Crippen molar-refractivity contribution in [3.63, 3.8) is 0 Å². The van der Waals surface area contributed by atoms with Crippen LogP contribution in [-0.4, -0.2) is 76.4 Å². The smallest absolute Gasteiger partial charge is 0.374 e. The Balaban J connectivity index is 0.000000262. The van der Waals surface area contributed by atoms with E-state index in [9.17, 15) is 31.9 Å². The van der Waals surface area contributed by atoms with E-state index in [-0.39, 0.29) is 49.0 Å². The minimum atomic E-state index is -3.70. The highest BCUT2D eigenvalue weighted by Gasteiger charge is 2.49. The van der Waals surface area contributed by atoms with Gasteiger partial charge >= 0.3 is 17.9 Å². The van der Waals surface area contributed by atoms with E-state index in [1.165, 1.54) is 0 Å². The van der Waals surface area contributed by atoms with Crippen LogP contribution in [0.1, 0.15) is 77.6 Å². The van der Waals surface area contributed by atoms with E-state index in [2.05, 4.69) is 17.6 Å². The Bertz CT molecular complexity index is 1730. The Hall–Kier alpha value is -4.19. The van der Waals surface area contributed by atoms with Crippen LogP contribution in [0, 0.1) is 11.8 Å². The molecule has 4 atom stereocenters. The third-order valence-electron chi connectivity index (χ3n) is 10.9. The zero-order chi connectivity index (χ0) is 42.9. The molecule has 59 heavy (non-hydrogen) atoms. The number of rotatable bonds is 22. The maximum absolute atomic E-state index is 14.4. The number of carboxylic acid groups (broad SMARTS) is 2. The Morgan fingerprint density at radius 1 is 0.797 bits per heavy atom. The molecule has 2 aliphatic heterocycles. The minimum Gasteiger partial charge on any atom is -0.481 e. The monoisotopic (exact) mass is 859 g/mol. The van der Waals surface area contributed by atoms with Gasteiger partial charge in [-0.15, -0.1) is 0 Å². The fourth-order valence-electron chi connectivity index (χ4n) is 7.85. The summed E-state index contributed by atoms with van der Waals surface area (Å²) in [4.78, 5) is 34.1.